The van der Waals surface area contributed by atoms with Gasteiger partial charge in [0.1, 0.15) is 0 Å². The molecular formula is C20H22Cl2N2O3S2. The minimum Gasteiger partial charge on any atom is -0.463 e. The van der Waals surface area contributed by atoms with Gasteiger partial charge in [0.25, 0.3) is 5.91 Å². The van der Waals surface area contributed by atoms with E-state index in [9.17, 15) is 9.59 Å². The first-order chi connectivity index (χ1) is 13.9. The Hall–Kier alpha value is -1.28. The molecule has 0 aromatic heterocycles. The molecule has 1 aliphatic heterocycles. The van der Waals surface area contributed by atoms with Crippen LogP contribution in [0.4, 0.5) is 0 Å². The molecule has 156 valence electrons. The maximum atomic E-state index is 12.6. The Bertz CT molecular complexity index is 860. The molecule has 2 N–H and O–H groups in total. The smallest absolute Gasteiger partial charge is 0.336 e. The van der Waals surface area contributed by atoms with Crippen LogP contribution in [-0.4, -0.2) is 28.8 Å². The van der Waals surface area contributed by atoms with Crippen LogP contribution in [0.5, 0.6) is 0 Å². The van der Waals surface area contributed by atoms with E-state index in [1.54, 1.807) is 24.8 Å². The summed E-state index contributed by atoms with van der Waals surface area (Å²) in [6.07, 6.45) is 5.42. The summed E-state index contributed by atoms with van der Waals surface area (Å²) < 4.78 is 5.29. The summed E-state index contributed by atoms with van der Waals surface area (Å²) in [7, 11) is 0. The van der Waals surface area contributed by atoms with E-state index < -0.39 is 5.91 Å². The van der Waals surface area contributed by atoms with Gasteiger partial charge in [0, 0.05) is 16.2 Å². The van der Waals surface area contributed by atoms with Gasteiger partial charge in [0.15, 0.2) is 5.11 Å². The van der Waals surface area contributed by atoms with Crippen LogP contribution in [0.3, 0.4) is 0 Å². The molecule has 1 amide bonds. The van der Waals surface area contributed by atoms with Gasteiger partial charge in [-0.1, -0.05) is 42.5 Å². The zero-order valence-electron chi connectivity index (χ0n) is 15.9. The van der Waals surface area contributed by atoms with Crippen molar-refractivity contribution in [3.05, 3.63) is 44.4 Å². The minimum atomic E-state index is -0.445. The van der Waals surface area contributed by atoms with Gasteiger partial charge in [0.05, 0.1) is 27.8 Å². The van der Waals surface area contributed by atoms with Crippen LogP contribution >= 0.6 is 47.2 Å². The van der Waals surface area contributed by atoms with Gasteiger partial charge in [-0.25, -0.2) is 4.79 Å². The lowest BCUT2D eigenvalue weighted by atomic mass is 9.92. The van der Waals surface area contributed by atoms with Crippen molar-refractivity contribution in [2.75, 3.05) is 6.61 Å². The van der Waals surface area contributed by atoms with Gasteiger partial charge < -0.3 is 10.1 Å². The van der Waals surface area contributed by atoms with Crippen LogP contribution < -0.4 is 10.6 Å². The van der Waals surface area contributed by atoms with Gasteiger partial charge in [-0.15, -0.1) is 11.8 Å². The topological polar surface area (TPSA) is 67.4 Å². The zero-order chi connectivity index (χ0) is 21.0. The quantitative estimate of drug-likeness (QED) is 0.470. The number of thiocarbonyl (C=S) groups is 1. The number of ether oxygens (including phenoxy) is 1. The summed E-state index contributed by atoms with van der Waals surface area (Å²) in [6, 6.07) is 4.62. The summed E-state index contributed by atoms with van der Waals surface area (Å²) in [5, 5.41) is 7.46. The molecule has 5 nitrogen and oxygen atoms in total. The average molecular weight is 473 g/mol. The molecule has 2 atom stereocenters. The Kier molecular flexibility index (Phi) is 7.85. The molecule has 1 aromatic carbocycles. The number of rotatable bonds is 4. The fourth-order valence-electron chi connectivity index (χ4n) is 3.66. The van der Waals surface area contributed by atoms with Gasteiger partial charge in [-0.3, -0.25) is 10.1 Å². The Balaban J connectivity index is 1.75. The van der Waals surface area contributed by atoms with Crippen molar-refractivity contribution < 1.29 is 14.3 Å². The van der Waals surface area contributed by atoms with E-state index >= 15 is 0 Å². The maximum absolute atomic E-state index is 12.6. The normalized spacial score (nSPS) is 21.2. The lowest BCUT2D eigenvalue weighted by Crippen LogP contribution is -2.38. The second-order valence-electron chi connectivity index (χ2n) is 6.90. The fraction of sp³-hybridized carbons (Fsp3) is 0.450. The van der Waals surface area contributed by atoms with Crippen LogP contribution in [0.2, 0.25) is 10.0 Å². The van der Waals surface area contributed by atoms with Crippen molar-refractivity contribution in [3.63, 3.8) is 0 Å². The number of esters is 1. The molecule has 1 heterocycles. The molecule has 1 saturated carbocycles. The molecule has 9 heteroatoms. The number of carbonyl (C=O) groups is 2. The van der Waals surface area contributed by atoms with E-state index in [1.807, 2.05) is 0 Å². The minimum absolute atomic E-state index is 0.113. The first kappa shape index (κ1) is 22.4. The van der Waals surface area contributed by atoms with Crippen molar-refractivity contribution >= 4 is 64.2 Å². The van der Waals surface area contributed by atoms with E-state index in [-0.39, 0.29) is 27.6 Å². The third-order valence-electron chi connectivity index (χ3n) is 4.96. The lowest BCUT2D eigenvalue weighted by molar-refractivity contribution is -0.139. The molecular weight excluding hydrogens is 451 g/mol. The summed E-state index contributed by atoms with van der Waals surface area (Å²) >= 11 is 18.9. The highest BCUT2D eigenvalue weighted by atomic mass is 35.5. The van der Waals surface area contributed by atoms with Gasteiger partial charge in [-0.2, -0.15) is 0 Å². The number of thioether (sulfide) groups is 1. The third-order valence-corrected chi connectivity index (χ3v) is 7.14. The van der Waals surface area contributed by atoms with Crippen LogP contribution in [0, 0.1) is 5.92 Å². The van der Waals surface area contributed by atoms with E-state index in [2.05, 4.69) is 10.6 Å². The van der Waals surface area contributed by atoms with E-state index in [4.69, 9.17) is 40.2 Å². The Morgan fingerprint density at radius 2 is 2.00 bits per heavy atom. The fourth-order valence-corrected chi connectivity index (χ4v) is 5.96. The van der Waals surface area contributed by atoms with Crippen molar-refractivity contribution in [1.29, 1.82) is 0 Å². The van der Waals surface area contributed by atoms with Crippen LogP contribution in [0.1, 0.15) is 49.4 Å². The monoisotopic (exact) mass is 472 g/mol. The van der Waals surface area contributed by atoms with Crippen LogP contribution in [-0.2, 0) is 9.53 Å². The number of fused-ring (bicyclic) bond motifs is 1. The Morgan fingerprint density at radius 3 is 2.72 bits per heavy atom. The molecule has 0 spiro atoms. The van der Waals surface area contributed by atoms with Crippen molar-refractivity contribution in [2.24, 2.45) is 5.92 Å². The molecule has 2 aliphatic rings. The summed E-state index contributed by atoms with van der Waals surface area (Å²) in [5.74, 6) is -0.611. The second kappa shape index (κ2) is 10.2. The Morgan fingerprint density at radius 1 is 1.24 bits per heavy atom. The summed E-state index contributed by atoms with van der Waals surface area (Å²) in [4.78, 5) is 25.1. The van der Waals surface area contributed by atoms with Crippen LogP contribution in [0.15, 0.2) is 28.8 Å². The molecule has 0 bridgehead atoms. The molecule has 1 fully saturated rings. The predicted molar refractivity (Wildman–Crippen MR) is 121 cm³/mol. The molecule has 0 unspecified atom stereocenters. The molecule has 29 heavy (non-hydrogen) atoms. The highest BCUT2D eigenvalue weighted by Crippen LogP contribution is 2.47. The second-order valence-corrected chi connectivity index (χ2v) is 9.40. The largest absolute Gasteiger partial charge is 0.463 e. The third kappa shape index (κ3) is 5.45. The molecule has 1 aromatic rings. The molecule has 1 aliphatic carbocycles. The molecule has 0 radical (unpaired) electrons. The number of benzene rings is 1. The molecule has 0 saturated heterocycles. The molecule has 3 rings (SSSR count). The number of carbonyl (C=O) groups excluding carboxylic acids is 2. The standard InChI is InChI=1S/C20H22Cl2N2O3S2/c1-2-27-19(26)16-13-6-4-3-5-7-15(13)29-18(16)24-20(28)23-17(25)12-9-8-11(21)10-14(12)22/h8-10,13,15H,2-7H2,1H3,(H2,23,24,25,28)/t13-,15+/m0/s1. The number of hydrogen-bond acceptors (Lipinski definition) is 5. The maximum Gasteiger partial charge on any atom is 0.336 e. The number of halogens is 2. The predicted octanol–water partition coefficient (Wildman–Crippen LogP) is 5.07. The summed E-state index contributed by atoms with van der Waals surface area (Å²) in [5.41, 5.74) is 0.911. The SMILES string of the molecule is CCOC(=O)C1=C(NC(=S)NC(=O)c2ccc(Cl)cc2Cl)S[C@@H]2CCCCC[C@H]12. The number of hydrogen-bond donors (Lipinski definition) is 2. The van der Waals surface area contributed by atoms with Gasteiger partial charge >= 0.3 is 5.97 Å². The summed E-state index contributed by atoms with van der Waals surface area (Å²) in [6.45, 7) is 2.10. The van der Waals surface area contributed by atoms with Crippen molar-refractivity contribution in [2.45, 2.75) is 44.3 Å². The first-order valence-electron chi connectivity index (χ1n) is 9.56. The number of amides is 1. The highest BCUT2D eigenvalue weighted by molar-refractivity contribution is 8.04. The van der Waals surface area contributed by atoms with Crippen molar-refractivity contribution in [3.8, 4) is 0 Å². The zero-order valence-corrected chi connectivity index (χ0v) is 19.1. The Labute approximate surface area is 189 Å². The van der Waals surface area contributed by atoms with E-state index in [0.29, 0.717) is 27.5 Å². The first-order valence-corrected chi connectivity index (χ1v) is 11.6. The van der Waals surface area contributed by atoms with Gasteiger partial charge in [0.2, 0.25) is 0 Å². The lowest BCUT2D eigenvalue weighted by Gasteiger charge is -2.17. The van der Waals surface area contributed by atoms with Crippen LogP contribution in [0.25, 0.3) is 0 Å². The highest BCUT2D eigenvalue weighted by Gasteiger charge is 2.40. The van der Waals surface area contributed by atoms with Gasteiger partial charge in [-0.05, 0) is 50.2 Å². The van der Waals surface area contributed by atoms with Crippen molar-refractivity contribution in [1.82, 2.24) is 10.6 Å². The average Bonchev–Trinajstić information content (AvgIpc) is 2.82. The van der Waals surface area contributed by atoms with E-state index in [0.717, 1.165) is 25.7 Å². The number of nitrogens with one attached hydrogen (secondary N) is 2. The van der Waals surface area contributed by atoms with E-state index in [1.165, 1.54) is 18.6 Å².